The highest BCUT2D eigenvalue weighted by Gasteiger charge is 2.28. The summed E-state index contributed by atoms with van der Waals surface area (Å²) in [6.45, 7) is 3.55. The van der Waals surface area contributed by atoms with E-state index in [4.69, 9.17) is 4.74 Å². The minimum absolute atomic E-state index is 0.0188. The third-order valence-corrected chi connectivity index (χ3v) is 6.85. The third-order valence-electron chi connectivity index (χ3n) is 3.71. The lowest BCUT2D eigenvalue weighted by molar-refractivity contribution is -0.120. The minimum Gasteiger partial charge on any atom is -0.497 e. The standard InChI is InChI=1S/C17H22N2O4S2/c1-4-13(2)18-16(20)12-19(14-7-9-15(23-3)10-8-14)25(21,22)17-6-5-11-24-17/h5-11,13H,4,12H2,1-3H3,(H,18,20). The fourth-order valence-electron chi connectivity index (χ4n) is 2.14. The predicted molar refractivity (Wildman–Crippen MR) is 99.7 cm³/mol. The van der Waals surface area contributed by atoms with Crippen molar-refractivity contribution in [2.45, 2.75) is 30.5 Å². The monoisotopic (exact) mass is 382 g/mol. The van der Waals surface area contributed by atoms with Gasteiger partial charge in [0.2, 0.25) is 5.91 Å². The van der Waals surface area contributed by atoms with E-state index in [-0.39, 0.29) is 22.7 Å². The number of sulfonamides is 1. The molecule has 0 radical (unpaired) electrons. The Morgan fingerprint density at radius 2 is 1.96 bits per heavy atom. The van der Waals surface area contributed by atoms with Crippen molar-refractivity contribution >= 4 is 33.0 Å². The first-order valence-corrected chi connectivity index (χ1v) is 10.2. The molecule has 0 bridgehead atoms. The molecular weight excluding hydrogens is 360 g/mol. The second kappa shape index (κ2) is 8.35. The molecule has 1 aromatic carbocycles. The highest BCUT2D eigenvalue weighted by Crippen LogP contribution is 2.27. The van der Waals surface area contributed by atoms with E-state index < -0.39 is 10.0 Å². The quantitative estimate of drug-likeness (QED) is 0.762. The molecule has 1 amide bonds. The Morgan fingerprint density at radius 1 is 1.28 bits per heavy atom. The normalized spacial score (nSPS) is 12.4. The molecule has 1 N–H and O–H groups in total. The van der Waals surface area contributed by atoms with Gasteiger partial charge in [0.25, 0.3) is 10.0 Å². The Hall–Kier alpha value is -2.06. The maximum Gasteiger partial charge on any atom is 0.274 e. The summed E-state index contributed by atoms with van der Waals surface area (Å²) in [5.41, 5.74) is 0.411. The van der Waals surface area contributed by atoms with Crippen LogP contribution in [0.1, 0.15) is 20.3 Å². The first-order valence-electron chi connectivity index (χ1n) is 7.88. The second-order valence-corrected chi connectivity index (χ2v) is 8.56. The Balaban J connectivity index is 2.35. The zero-order valence-corrected chi connectivity index (χ0v) is 16.1. The molecule has 136 valence electrons. The molecule has 6 nitrogen and oxygen atoms in total. The average Bonchev–Trinajstić information content (AvgIpc) is 3.15. The maximum atomic E-state index is 13.0. The largest absolute Gasteiger partial charge is 0.497 e. The predicted octanol–water partition coefficient (Wildman–Crippen LogP) is 2.87. The first kappa shape index (κ1) is 19.3. The van der Waals surface area contributed by atoms with Gasteiger partial charge in [-0.3, -0.25) is 9.10 Å². The molecule has 25 heavy (non-hydrogen) atoms. The molecule has 2 aromatic rings. The van der Waals surface area contributed by atoms with Crippen molar-refractivity contribution in [2.24, 2.45) is 0 Å². The summed E-state index contributed by atoms with van der Waals surface area (Å²) in [5.74, 6) is 0.270. The zero-order chi connectivity index (χ0) is 18.4. The van der Waals surface area contributed by atoms with Crippen LogP contribution in [0.25, 0.3) is 0 Å². The summed E-state index contributed by atoms with van der Waals surface area (Å²) in [7, 11) is -2.28. The second-order valence-electron chi connectivity index (χ2n) is 5.52. The molecule has 0 saturated heterocycles. The Morgan fingerprint density at radius 3 is 2.48 bits per heavy atom. The Bertz CT molecular complexity index is 787. The molecule has 1 aromatic heterocycles. The molecule has 0 aliphatic rings. The van der Waals surface area contributed by atoms with Crippen molar-refractivity contribution in [3.63, 3.8) is 0 Å². The summed E-state index contributed by atoms with van der Waals surface area (Å²) < 4.78 is 32.4. The van der Waals surface area contributed by atoms with Gasteiger partial charge in [-0.25, -0.2) is 8.42 Å². The van der Waals surface area contributed by atoms with Gasteiger partial charge in [-0.15, -0.1) is 11.3 Å². The number of nitrogens with zero attached hydrogens (tertiary/aromatic N) is 1. The molecule has 1 atom stereocenters. The van der Waals surface area contributed by atoms with E-state index in [9.17, 15) is 13.2 Å². The fraction of sp³-hybridized carbons (Fsp3) is 0.353. The average molecular weight is 383 g/mol. The number of nitrogens with one attached hydrogen (secondary N) is 1. The summed E-state index contributed by atoms with van der Waals surface area (Å²) in [6, 6.07) is 9.76. The van der Waals surface area contributed by atoms with Crippen molar-refractivity contribution in [1.82, 2.24) is 5.32 Å². The molecule has 0 aliphatic carbocycles. The van der Waals surface area contributed by atoms with E-state index in [2.05, 4.69) is 5.32 Å². The van der Waals surface area contributed by atoms with Gasteiger partial charge in [-0.05, 0) is 49.1 Å². The molecule has 2 rings (SSSR count). The number of thiophene rings is 1. The van der Waals surface area contributed by atoms with Crippen molar-refractivity contribution in [1.29, 1.82) is 0 Å². The van der Waals surface area contributed by atoms with Crippen LogP contribution < -0.4 is 14.4 Å². The van der Waals surface area contributed by atoms with Crippen LogP contribution >= 0.6 is 11.3 Å². The van der Waals surface area contributed by atoms with E-state index in [1.54, 1.807) is 35.7 Å². The van der Waals surface area contributed by atoms with Gasteiger partial charge in [0, 0.05) is 6.04 Å². The van der Waals surface area contributed by atoms with Gasteiger partial charge < -0.3 is 10.1 Å². The van der Waals surface area contributed by atoms with Gasteiger partial charge >= 0.3 is 0 Å². The van der Waals surface area contributed by atoms with Crippen LogP contribution in [-0.4, -0.2) is 34.0 Å². The van der Waals surface area contributed by atoms with Crippen molar-refractivity contribution in [2.75, 3.05) is 18.0 Å². The molecule has 8 heteroatoms. The number of hydrogen-bond acceptors (Lipinski definition) is 5. The number of rotatable bonds is 8. The van der Waals surface area contributed by atoms with Crippen molar-refractivity contribution < 1.29 is 17.9 Å². The topological polar surface area (TPSA) is 75.7 Å². The number of carbonyl (C=O) groups excluding carboxylic acids is 1. The van der Waals surface area contributed by atoms with Crippen LogP contribution in [0.3, 0.4) is 0 Å². The van der Waals surface area contributed by atoms with Crippen LogP contribution in [0.5, 0.6) is 5.75 Å². The smallest absolute Gasteiger partial charge is 0.274 e. The van der Waals surface area contributed by atoms with Crippen LogP contribution in [0.2, 0.25) is 0 Å². The van der Waals surface area contributed by atoms with Gasteiger partial charge in [0.05, 0.1) is 12.8 Å². The van der Waals surface area contributed by atoms with Crippen molar-refractivity contribution in [3.05, 3.63) is 41.8 Å². The van der Waals surface area contributed by atoms with Gasteiger partial charge in [-0.1, -0.05) is 13.0 Å². The highest BCUT2D eigenvalue weighted by atomic mass is 32.2. The number of benzene rings is 1. The van der Waals surface area contributed by atoms with Crippen LogP contribution in [0.4, 0.5) is 5.69 Å². The van der Waals surface area contributed by atoms with Crippen molar-refractivity contribution in [3.8, 4) is 5.75 Å². The molecular formula is C17H22N2O4S2. The molecule has 0 saturated carbocycles. The van der Waals surface area contributed by atoms with Crippen LogP contribution in [0.15, 0.2) is 46.0 Å². The van der Waals surface area contributed by atoms with Gasteiger partial charge in [-0.2, -0.15) is 0 Å². The molecule has 1 unspecified atom stereocenters. The number of amides is 1. The number of hydrogen-bond donors (Lipinski definition) is 1. The SMILES string of the molecule is CCC(C)NC(=O)CN(c1ccc(OC)cc1)S(=O)(=O)c1cccs1. The number of carbonyl (C=O) groups is 1. The van der Waals surface area contributed by atoms with Crippen LogP contribution in [0, 0.1) is 0 Å². The first-order chi connectivity index (χ1) is 11.9. The van der Waals surface area contributed by atoms with E-state index >= 15 is 0 Å². The summed E-state index contributed by atoms with van der Waals surface area (Å²) >= 11 is 1.12. The summed E-state index contributed by atoms with van der Waals surface area (Å²) in [4.78, 5) is 12.3. The van der Waals surface area contributed by atoms with Gasteiger partial charge in [0.15, 0.2) is 0 Å². The lowest BCUT2D eigenvalue weighted by atomic mass is 10.2. The van der Waals surface area contributed by atoms with E-state index in [1.165, 1.54) is 13.2 Å². The van der Waals surface area contributed by atoms with E-state index in [0.717, 1.165) is 22.1 Å². The summed E-state index contributed by atoms with van der Waals surface area (Å²) in [5, 5.41) is 4.50. The van der Waals surface area contributed by atoms with Gasteiger partial charge in [0.1, 0.15) is 16.5 Å². The number of anilines is 1. The third kappa shape index (κ3) is 4.73. The minimum atomic E-state index is -3.82. The molecule has 0 fully saturated rings. The lowest BCUT2D eigenvalue weighted by Crippen LogP contribution is -2.43. The Kier molecular flexibility index (Phi) is 6.44. The molecule has 1 heterocycles. The summed E-state index contributed by atoms with van der Waals surface area (Å²) in [6.07, 6.45) is 0.770. The van der Waals surface area contributed by atoms with E-state index in [0.29, 0.717) is 11.4 Å². The van der Waals surface area contributed by atoms with Crippen LogP contribution in [-0.2, 0) is 14.8 Å². The molecule has 0 spiro atoms. The molecule has 0 aliphatic heterocycles. The number of methoxy groups -OCH3 is 1. The zero-order valence-electron chi connectivity index (χ0n) is 14.4. The Labute approximate surface area is 152 Å². The lowest BCUT2D eigenvalue weighted by Gasteiger charge is -2.24. The fourth-order valence-corrected chi connectivity index (χ4v) is 4.66. The number of ether oxygens (including phenoxy) is 1. The maximum absolute atomic E-state index is 13.0. The van der Waals surface area contributed by atoms with E-state index in [1.807, 2.05) is 13.8 Å². The highest BCUT2D eigenvalue weighted by molar-refractivity contribution is 7.94.